The summed E-state index contributed by atoms with van der Waals surface area (Å²) in [5.41, 5.74) is 2.01. The number of fused-ring (bicyclic) bond motifs is 1. The van der Waals surface area contributed by atoms with Crippen LogP contribution in [0.5, 0.6) is 5.75 Å². The Morgan fingerprint density at radius 1 is 1.26 bits per heavy atom. The number of likely N-dealkylation sites (tertiary alicyclic amines) is 1. The Morgan fingerprint density at radius 3 is 2.77 bits per heavy atom. The Morgan fingerprint density at radius 2 is 2.06 bits per heavy atom. The van der Waals surface area contributed by atoms with E-state index in [9.17, 15) is 14.7 Å². The number of hydrogen-bond acceptors (Lipinski definition) is 7. The molecule has 1 fully saturated rings. The molecule has 0 aliphatic carbocycles. The Labute approximate surface area is 186 Å². The van der Waals surface area contributed by atoms with Crippen molar-refractivity contribution >= 4 is 23.2 Å². The fraction of sp³-hybridized carbons (Fsp3) is 0.522. The molecule has 0 radical (unpaired) electrons. The van der Waals surface area contributed by atoms with Crippen molar-refractivity contribution in [2.24, 2.45) is 0 Å². The van der Waals surface area contributed by atoms with E-state index >= 15 is 0 Å². The van der Waals surface area contributed by atoms with E-state index in [-0.39, 0.29) is 0 Å². The molecule has 166 valence electrons. The van der Waals surface area contributed by atoms with Crippen LogP contribution >= 0.6 is 11.3 Å². The van der Waals surface area contributed by atoms with Gasteiger partial charge in [-0.25, -0.2) is 4.98 Å². The van der Waals surface area contributed by atoms with E-state index in [2.05, 4.69) is 11.8 Å². The number of amides is 1. The summed E-state index contributed by atoms with van der Waals surface area (Å²) < 4.78 is 5.90. The van der Waals surface area contributed by atoms with Crippen molar-refractivity contribution in [1.82, 2.24) is 14.8 Å². The number of carboxylic acids is 1. The van der Waals surface area contributed by atoms with Gasteiger partial charge in [-0.1, -0.05) is 0 Å². The third-order valence-corrected chi connectivity index (χ3v) is 7.16. The molecule has 0 spiro atoms. The molecule has 2 aliphatic rings. The molecular formula is C23H28N3O4S-. The van der Waals surface area contributed by atoms with Crippen LogP contribution in [0.25, 0.3) is 10.6 Å². The fourth-order valence-electron chi connectivity index (χ4n) is 4.24. The summed E-state index contributed by atoms with van der Waals surface area (Å²) in [4.78, 5) is 32.6. The lowest BCUT2D eigenvalue weighted by molar-refractivity contribution is -0.304. The van der Waals surface area contributed by atoms with Gasteiger partial charge in [-0.05, 0) is 57.0 Å². The topological polar surface area (TPSA) is 85.8 Å². The second-order valence-electron chi connectivity index (χ2n) is 8.26. The van der Waals surface area contributed by atoms with Crippen molar-refractivity contribution in [2.45, 2.75) is 51.6 Å². The van der Waals surface area contributed by atoms with E-state index in [0.717, 1.165) is 39.9 Å². The number of aromatic nitrogens is 1. The monoisotopic (exact) mass is 442 g/mol. The predicted octanol–water partition coefficient (Wildman–Crippen LogP) is 2.09. The normalized spacial score (nSPS) is 18.7. The van der Waals surface area contributed by atoms with Crippen molar-refractivity contribution in [3.63, 3.8) is 0 Å². The molecule has 0 bridgehead atoms. The molecule has 31 heavy (non-hydrogen) atoms. The Bertz CT molecular complexity index is 927. The first-order chi connectivity index (χ1) is 15.0. The Hall–Kier alpha value is -2.45. The quantitative estimate of drug-likeness (QED) is 0.460. The number of aliphatic carboxylic acids is 1. The van der Waals surface area contributed by atoms with Crippen LogP contribution in [0, 0.1) is 0 Å². The molecule has 1 aromatic heterocycles. The van der Waals surface area contributed by atoms with E-state index in [4.69, 9.17) is 9.72 Å². The largest absolute Gasteiger partial charge is 0.550 e. The number of carbonyl (C=O) groups is 2. The van der Waals surface area contributed by atoms with E-state index < -0.39 is 18.3 Å². The molecule has 3 heterocycles. The van der Waals surface area contributed by atoms with Gasteiger partial charge in [0.2, 0.25) is 5.91 Å². The van der Waals surface area contributed by atoms with Crippen LogP contribution in [0.2, 0.25) is 0 Å². The lowest BCUT2D eigenvalue weighted by Gasteiger charge is -2.26. The van der Waals surface area contributed by atoms with Crippen LogP contribution in [-0.4, -0.2) is 58.9 Å². The Kier molecular flexibility index (Phi) is 6.87. The number of rotatable bonds is 8. The first-order valence-corrected chi connectivity index (χ1v) is 11.7. The van der Waals surface area contributed by atoms with Crippen LogP contribution in [0.1, 0.15) is 43.2 Å². The molecule has 1 unspecified atom stereocenters. The maximum atomic E-state index is 12.0. The highest BCUT2D eigenvalue weighted by atomic mass is 32.1. The maximum Gasteiger partial charge on any atom is 0.228 e. The fourth-order valence-corrected chi connectivity index (χ4v) is 5.37. The zero-order chi connectivity index (χ0) is 21.8. The van der Waals surface area contributed by atoms with Crippen LogP contribution in [0.15, 0.2) is 24.3 Å². The minimum Gasteiger partial charge on any atom is -0.550 e. The average Bonchev–Trinajstić information content (AvgIpc) is 3.36. The van der Waals surface area contributed by atoms with E-state index in [1.165, 1.54) is 19.4 Å². The molecule has 2 aromatic rings. The molecule has 1 amide bonds. The smallest absolute Gasteiger partial charge is 0.228 e. The van der Waals surface area contributed by atoms with E-state index in [0.29, 0.717) is 32.2 Å². The lowest BCUT2D eigenvalue weighted by Crippen LogP contribution is -2.39. The molecule has 0 N–H and O–H groups in total. The number of carbonyl (C=O) groups excluding carboxylic acids is 2. The van der Waals surface area contributed by atoms with Gasteiger partial charge < -0.3 is 24.4 Å². The molecule has 1 saturated heterocycles. The molecule has 2 aliphatic heterocycles. The van der Waals surface area contributed by atoms with E-state index in [1.54, 1.807) is 16.2 Å². The highest BCUT2D eigenvalue weighted by Gasteiger charge is 2.24. The van der Waals surface area contributed by atoms with Crippen LogP contribution < -0.4 is 9.84 Å². The van der Waals surface area contributed by atoms with Gasteiger partial charge in [-0.15, -0.1) is 11.3 Å². The van der Waals surface area contributed by atoms with Crippen LogP contribution in [0.4, 0.5) is 0 Å². The number of benzene rings is 1. The van der Waals surface area contributed by atoms with Gasteiger partial charge in [0.05, 0.1) is 31.2 Å². The van der Waals surface area contributed by atoms with Crippen molar-refractivity contribution < 1.29 is 19.4 Å². The molecule has 1 atom stereocenters. The molecule has 8 heteroatoms. The van der Waals surface area contributed by atoms with Crippen molar-refractivity contribution in [1.29, 1.82) is 0 Å². The summed E-state index contributed by atoms with van der Waals surface area (Å²) in [6.07, 6.45) is 3.70. The van der Waals surface area contributed by atoms with Gasteiger partial charge in [0, 0.05) is 36.0 Å². The lowest BCUT2D eigenvalue weighted by atomic mass is 10.1. The molecule has 0 saturated carbocycles. The second kappa shape index (κ2) is 9.78. The van der Waals surface area contributed by atoms with Crippen LogP contribution in [-0.2, 0) is 22.6 Å². The first-order valence-electron chi connectivity index (χ1n) is 10.9. The van der Waals surface area contributed by atoms with E-state index in [1.807, 2.05) is 24.3 Å². The summed E-state index contributed by atoms with van der Waals surface area (Å²) in [6, 6.07) is 8.68. The van der Waals surface area contributed by atoms with Gasteiger partial charge >= 0.3 is 0 Å². The number of nitrogens with zero attached hydrogens (tertiary/aromatic N) is 3. The maximum absolute atomic E-state index is 12.0. The van der Waals surface area contributed by atoms with Crippen LogP contribution in [0.3, 0.4) is 0 Å². The SMILES string of the molecule is CC1CCCN1CCCOc1ccc(-c2nc3c(s2)CN(C(=O)CC(=O)[O-])CC3)cc1. The third kappa shape index (κ3) is 5.43. The Balaban J connectivity index is 1.30. The van der Waals surface area contributed by atoms with Gasteiger partial charge in [0.15, 0.2) is 0 Å². The number of hydrogen-bond donors (Lipinski definition) is 0. The third-order valence-electron chi connectivity index (χ3n) is 6.03. The molecule has 1 aromatic carbocycles. The summed E-state index contributed by atoms with van der Waals surface area (Å²) in [5.74, 6) is -0.881. The number of carboxylic acid groups (broad SMARTS) is 1. The number of ether oxygens (including phenoxy) is 1. The summed E-state index contributed by atoms with van der Waals surface area (Å²) >= 11 is 1.56. The standard InChI is InChI=1S/C23H29N3O4S/c1-16-4-2-10-25(16)11-3-13-30-18-7-5-17(6-8-18)23-24-19-9-12-26(15-20(19)31-23)21(27)14-22(28)29/h5-8,16H,2-4,9-15H2,1H3,(H,28,29)/p-1. The highest BCUT2D eigenvalue weighted by molar-refractivity contribution is 7.15. The average molecular weight is 443 g/mol. The minimum absolute atomic E-state index is 0.402. The van der Waals surface area contributed by atoms with Crippen molar-refractivity contribution in [3.05, 3.63) is 34.8 Å². The zero-order valence-corrected chi connectivity index (χ0v) is 18.7. The summed E-state index contributed by atoms with van der Waals surface area (Å²) in [6.45, 7) is 6.21. The minimum atomic E-state index is -1.34. The summed E-state index contributed by atoms with van der Waals surface area (Å²) in [7, 11) is 0. The zero-order valence-electron chi connectivity index (χ0n) is 17.8. The van der Waals surface area contributed by atoms with Gasteiger partial charge in [-0.3, -0.25) is 4.79 Å². The number of thiazole rings is 1. The first kappa shape index (κ1) is 21.8. The van der Waals surface area contributed by atoms with Gasteiger partial charge in [-0.2, -0.15) is 0 Å². The van der Waals surface area contributed by atoms with Crippen molar-refractivity contribution in [2.75, 3.05) is 26.2 Å². The highest BCUT2D eigenvalue weighted by Crippen LogP contribution is 2.32. The molecule has 7 nitrogen and oxygen atoms in total. The second-order valence-corrected chi connectivity index (χ2v) is 9.34. The van der Waals surface area contributed by atoms with Gasteiger partial charge in [0.25, 0.3) is 0 Å². The molecule has 4 rings (SSSR count). The van der Waals surface area contributed by atoms with Gasteiger partial charge in [0.1, 0.15) is 10.8 Å². The van der Waals surface area contributed by atoms with Crippen molar-refractivity contribution in [3.8, 4) is 16.3 Å². The molecular weight excluding hydrogens is 414 g/mol. The predicted molar refractivity (Wildman–Crippen MR) is 117 cm³/mol. The summed E-state index contributed by atoms with van der Waals surface area (Å²) in [5, 5.41) is 11.6.